The number of likely N-dealkylation sites (tertiary alicyclic amines) is 1. The summed E-state index contributed by atoms with van der Waals surface area (Å²) in [5, 5.41) is 8.11. The van der Waals surface area contributed by atoms with E-state index in [-0.39, 0.29) is 0 Å². The van der Waals surface area contributed by atoms with E-state index in [4.69, 9.17) is 12.2 Å². The van der Waals surface area contributed by atoms with E-state index in [1.807, 2.05) is 7.05 Å². The Bertz CT molecular complexity index is 641. The second-order valence-electron chi connectivity index (χ2n) is 5.79. The Balaban J connectivity index is 1.88. The molecule has 2 heterocycles. The smallest absolute Gasteiger partial charge is 0.170 e. The molecule has 0 unspecified atom stereocenters. The topological polar surface area (TPSA) is 43.1 Å². The lowest BCUT2D eigenvalue weighted by molar-refractivity contribution is 0.256. The molecule has 0 aliphatic carbocycles. The Morgan fingerprint density at radius 1 is 1.33 bits per heavy atom. The fourth-order valence-corrected chi connectivity index (χ4v) is 3.19. The molecular formula is C16H22N4S. The van der Waals surface area contributed by atoms with Gasteiger partial charge in [0.15, 0.2) is 5.11 Å². The molecule has 0 atom stereocenters. The summed E-state index contributed by atoms with van der Waals surface area (Å²) in [7, 11) is 4.03. The van der Waals surface area contributed by atoms with Crippen LogP contribution in [0.3, 0.4) is 0 Å². The van der Waals surface area contributed by atoms with E-state index >= 15 is 0 Å². The minimum absolute atomic E-state index is 0.644. The van der Waals surface area contributed by atoms with Crippen molar-refractivity contribution in [2.75, 3.05) is 32.5 Å². The monoisotopic (exact) mass is 302 g/mol. The highest BCUT2D eigenvalue weighted by Gasteiger charge is 2.21. The van der Waals surface area contributed by atoms with Crippen LogP contribution in [0.5, 0.6) is 0 Å². The van der Waals surface area contributed by atoms with E-state index in [0.717, 1.165) is 5.69 Å². The molecule has 3 N–H and O–H groups in total. The number of thiocarbonyl (C=S) groups is 1. The van der Waals surface area contributed by atoms with Crippen LogP contribution in [0.4, 0.5) is 5.69 Å². The molecule has 1 fully saturated rings. The summed E-state index contributed by atoms with van der Waals surface area (Å²) in [6.07, 6.45) is 4.65. The number of H-pyrrole nitrogens is 1. The third kappa shape index (κ3) is 3.04. The van der Waals surface area contributed by atoms with Gasteiger partial charge in [-0.2, -0.15) is 0 Å². The Morgan fingerprint density at radius 2 is 2.10 bits per heavy atom. The Labute approximate surface area is 130 Å². The molecule has 1 saturated heterocycles. The summed E-state index contributed by atoms with van der Waals surface area (Å²) in [5.74, 6) is 0.654. The Morgan fingerprint density at radius 3 is 2.81 bits per heavy atom. The van der Waals surface area contributed by atoms with Gasteiger partial charge < -0.3 is 20.5 Å². The van der Waals surface area contributed by atoms with Gasteiger partial charge in [0.05, 0.1) is 0 Å². The number of piperidine rings is 1. The number of benzene rings is 1. The van der Waals surface area contributed by atoms with Crippen LogP contribution in [0.25, 0.3) is 10.9 Å². The van der Waals surface area contributed by atoms with E-state index in [0.29, 0.717) is 11.0 Å². The normalized spacial score (nSPS) is 17.0. The highest BCUT2D eigenvalue weighted by molar-refractivity contribution is 7.80. The van der Waals surface area contributed by atoms with Gasteiger partial charge in [0.2, 0.25) is 0 Å². The van der Waals surface area contributed by atoms with E-state index in [1.165, 1.54) is 42.4 Å². The van der Waals surface area contributed by atoms with Crippen LogP contribution in [-0.2, 0) is 0 Å². The predicted octanol–water partition coefficient (Wildman–Crippen LogP) is 2.89. The Kier molecular flexibility index (Phi) is 4.12. The lowest BCUT2D eigenvalue weighted by atomic mass is 9.89. The summed E-state index contributed by atoms with van der Waals surface area (Å²) >= 11 is 5.17. The van der Waals surface area contributed by atoms with Gasteiger partial charge in [-0.3, -0.25) is 0 Å². The summed E-state index contributed by atoms with van der Waals surface area (Å²) in [5.41, 5.74) is 3.68. The average Bonchev–Trinajstić information content (AvgIpc) is 2.91. The molecule has 1 aromatic carbocycles. The maximum atomic E-state index is 5.17. The van der Waals surface area contributed by atoms with Gasteiger partial charge in [0, 0.05) is 29.8 Å². The molecule has 0 amide bonds. The summed E-state index contributed by atoms with van der Waals surface area (Å²) in [6.45, 7) is 2.36. The van der Waals surface area contributed by atoms with Crippen molar-refractivity contribution < 1.29 is 0 Å². The van der Waals surface area contributed by atoms with Crippen molar-refractivity contribution in [3.05, 3.63) is 30.0 Å². The fraction of sp³-hybridized carbons (Fsp3) is 0.438. The Hall–Kier alpha value is -1.59. The second-order valence-corrected chi connectivity index (χ2v) is 6.19. The van der Waals surface area contributed by atoms with Crippen molar-refractivity contribution in [2.45, 2.75) is 18.8 Å². The highest BCUT2D eigenvalue weighted by Crippen LogP contribution is 2.33. The van der Waals surface area contributed by atoms with Crippen LogP contribution < -0.4 is 10.6 Å². The zero-order valence-electron chi connectivity index (χ0n) is 12.6. The minimum Gasteiger partial charge on any atom is -0.366 e. The molecule has 3 rings (SSSR count). The van der Waals surface area contributed by atoms with Crippen molar-refractivity contribution in [1.82, 2.24) is 15.2 Å². The zero-order valence-corrected chi connectivity index (χ0v) is 13.4. The number of nitrogens with zero attached hydrogens (tertiary/aromatic N) is 1. The van der Waals surface area contributed by atoms with Gasteiger partial charge in [-0.1, -0.05) is 0 Å². The van der Waals surface area contributed by atoms with Crippen molar-refractivity contribution in [2.24, 2.45) is 0 Å². The molecule has 2 aromatic rings. The van der Waals surface area contributed by atoms with Crippen LogP contribution in [0.2, 0.25) is 0 Å². The largest absolute Gasteiger partial charge is 0.366 e. The van der Waals surface area contributed by atoms with E-state index in [9.17, 15) is 0 Å². The molecule has 5 heteroatoms. The molecule has 1 aromatic heterocycles. The molecular weight excluding hydrogens is 280 g/mol. The number of rotatable bonds is 2. The molecule has 0 saturated carbocycles. The van der Waals surface area contributed by atoms with Crippen molar-refractivity contribution in [1.29, 1.82) is 0 Å². The van der Waals surface area contributed by atoms with Crippen LogP contribution >= 0.6 is 12.2 Å². The fourth-order valence-electron chi connectivity index (χ4n) is 3.07. The van der Waals surface area contributed by atoms with Crippen molar-refractivity contribution >= 4 is 33.9 Å². The lowest BCUT2D eigenvalue weighted by Gasteiger charge is -2.28. The number of fused-ring (bicyclic) bond motifs is 1. The van der Waals surface area contributed by atoms with Crippen LogP contribution in [0.1, 0.15) is 24.3 Å². The number of anilines is 1. The average molecular weight is 302 g/mol. The first-order valence-corrected chi connectivity index (χ1v) is 7.86. The molecule has 1 aliphatic heterocycles. The van der Waals surface area contributed by atoms with Crippen molar-refractivity contribution in [3.8, 4) is 0 Å². The van der Waals surface area contributed by atoms with Crippen molar-refractivity contribution in [3.63, 3.8) is 0 Å². The van der Waals surface area contributed by atoms with Gasteiger partial charge in [-0.05, 0) is 74.9 Å². The van der Waals surface area contributed by atoms with Gasteiger partial charge >= 0.3 is 0 Å². The molecule has 4 nitrogen and oxygen atoms in total. The van der Waals surface area contributed by atoms with Crippen LogP contribution in [0.15, 0.2) is 24.4 Å². The van der Waals surface area contributed by atoms with Crippen LogP contribution in [0, 0.1) is 0 Å². The standard InChI is InChI=1S/C16H22N4S/c1-17-16(21)19-12-3-4-15-13(9-12)14(10-18-15)11-5-7-20(2)8-6-11/h3-4,9-11,18H,5-8H2,1-2H3,(H2,17,19,21). The molecule has 112 valence electrons. The minimum atomic E-state index is 0.644. The maximum Gasteiger partial charge on any atom is 0.170 e. The summed E-state index contributed by atoms with van der Waals surface area (Å²) in [4.78, 5) is 5.81. The number of aromatic nitrogens is 1. The highest BCUT2D eigenvalue weighted by atomic mass is 32.1. The van der Waals surface area contributed by atoms with E-state index < -0.39 is 0 Å². The van der Waals surface area contributed by atoms with E-state index in [1.54, 1.807) is 0 Å². The predicted molar refractivity (Wildman–Crippen MR) is 93.1 cm³/mol. The molecule has 0 radical (unpaired) electrons. The first-order valence-electron chi connectivity index (χ1n) is 7.45. The summed E-state index contributed by atoms with van der Waals surface area (Å²) < 4.78 is 0. The van der Waals surface area contributed by atoms with Gasteiger partial charge in [0.25, 0.3) is 0 Å². The third-order valence-electron chi connectivity index (χ3n) is 4.36. The molecule has 21 heavy (non-hydrogen) atoms. The number of hydrogen-bond acceptors (Lipinski definition) is 2. The first kappa shape index (κ1) is 14.4. The maximum absolute atomic E-state index is 5.17. The molecule has 0 bridgehead atoms. The van der Waals surface area contributed by atoms with Gasteiger partial charge in [-0.15, -0.1) is 0 Å². The van der Waals surface area contributed by atoms with E-state index in [2.05, 4.69) is 52.0 Å². The number of aromatic amines is 1. The third-order valence-corrected chi connectivity index (χ3v) is 4.66. The summed E-state index contributed by atoms with van der Waals surface area (Å²) in [6, 6.07) is 6.37. The lowest BCUT2D eigenvalue weighted by Crippen LogP contribution is -2.29. The van der Waals surface area contributed by atoms with Crippen LogP contribution in [-0.4, -0.2) is 42.2 Å². The number of hydrogen-bond donors (Lipinski definition) is 3. The van der Waals surface area contributed by atoms with Gasteiger partial charge in [-0.25, -0.2) is 0 Å². The SMILES string of the molecule is CNC(=S)Nc1ccc2[nH]cc(C3CCN(C)CC3)c2c1. The molecule has 1 aliphatic rings. The molecule has 0 spiro atoms. The second kappa shape index (κ2) is 6.03. The number of nitrogens with one attached hydrogen (secondary N) is 3. The first-order chi connectivity index (χ1) is 10.2. The quantitative estimate of drug-likeness (QED) is 0.746. The zero-order chi connectivity index (χ0) is 14.8. The van der Waals surface area contributed by atoms with Gasteiger partial charge in [0.1, 0.15) is 0 Å².